The Morgan fingerprint density at radius 3 is 2.53 bits per heavy atom. The number of amides is 2. The van der Waals surface area contributed by atoms with Gasteiger partial charge in [0.25, 0.3) is 5.91 Å². The molecule has 5 rings (SSSR count). The molecule has 7 nitrogen and oxygen atoms in total. The van der Waals surface area contributed by atoms with Gasteiger partial charge in [-0.15, -0.1) is 0 Å². The minimum absolute atomic E-state index is 0.0671. The Hall–Kier alpha value is -1.83. The third-order valence-corrected chi connectivity index (χ3v) is 7.98. The molecule has 1 aliphatic heterocycles. The first-order valence-electron chi connectivity index (χ1n) is 11.6. The third kappa shape index (κ3) is 4.22. The van der Waals surface area contributed by atoms with Crippen molar-refractivity contribution >= 4 is 23.4 Å². The molecule has 1 aromatic rings. The van der Waals surface area contributed by atoms with Gasteiger partial charge in [0.2, 0.25) is 5.91 Å². The molecule has 0 radical (unpaired) electrons. The SMILES string of the molecule is CC1CC(OCC(=O)NC23CCC(NC(=O)C4CC(O)c5cc(Cl)ccc5O4)(CC2)C3)C1. The van der Waals surface area contributed by atoms with Crippen LogP contribution in [0.2, 0.25) is 5.02 Å². The Morgan fingerprint density at radius 1 is 1.16 bits per heavy atom. The van der Waals surface area contributed by atoms with Crippen LogP contribution in [0.25, 0.3) is 0 Å². The van der Waals surface area contributed by atoms with Crippen molar-refractivity contribution in [2.45, 2.75) is 87.7 Å². The maximum absolute atomic E-state index is 13.0. The molecule has 3 saturated carbocycles. The summed E-state index contributed by atoms with van der Waals surface area (Å²) in [6.45, 7) is 2.30. The number of benzene rings is 1. The zero-order valence-corrected chi connectivity index (χ0v) is 19.1. The second-order valence-corrected chi connectivity index (χ2v) is 10.8. The number of nitrogens with one attached hydrogen (secondary N) is 2. The van der Waals surface area contributed by atoms with Gasteiger partial charge in [-0.3, -0.25) is 9.59 Å². The number of halogens is 1. The Labute approximate surface area is 193 Å². The number of aliphatic hydroxyl groups excluding tert-OH is 1. The average Bonchev–Trinajstić information content (AvgIpc) is 3.25. The molecule has 32 heavy (non-hydrogen) atoms. The predicted octanol–water partition coefficient (Wildman–Crippen LogP) is 3.03. The van der Waals surface area contributed by atoms with E-state index >= 15 is 0 Å². The maximum Gasteiger partial charge on any atom is 0.261 e. The van der Waals surface area contributed by atoms with Crippen molar-refractivity contribution in [1.29, 1.82) is 0 Å². The summed E-state index contributed by atoms with van der Waals surface area (Å²) in [6, 6.07) is 5.05. The summed E-state index contributed by atoms with van der Waals surface area (Å²) < 4.78 is 11.6. The van der Waals surface area contributed by atoms with Crippen molar-refractivity contribution in [3.05, 3.63) is 28.8 Å². The van der Waals surface area contributed by atoms with Gasteiger partial charge >= 0.3 is 0 Å². The van der Waals surface area contributed by atoms with E-state index < -0.39 is 12.2 Å². The van der Waals surface area contributed by atoms with Crippen LogP contribution in [0, 0.1) is 5.92 Å². The average molecular weight is 463 g/mol. The van der Waals surface area contributed by atoms with Crippen LogP contribution in [0.15, 0.2) is 18.2 Å². The van der Waals surface area contributed by atoms with Crippen LogP contribution in [0.5, 0.6) is 5.75 Å². The van der Waals surface area contributed by atoms with Gasteiger partial charge in [-0.05, 0) is 69.1 Å². The van der Waals surface area contributed by atoms with Crippen LogP contribution in [0.1, 0.15) is 70.0 Å². The lowest BCUT2D eigenvalue weighted by molar-refractivity contribution is -0.133. The summed E-state index contributed by atoms with van der Waals surface area (Å²) in [4.78, 5) is 25.5. The van der Waals surface area contributed by atoms with Crippen molar-refractivity contribution in [2.24, 2.45) is 5.92 Å². The number of aliphatic hydroxyl groups is 1. The van der Waals surface area contributed by atoms with Gasteiger partial charge in [0.1, 0.15) is 12.4 Å². The van der Waals surface area contributed by atoms with E-state index in [0.717, 1.165) is 44.9 Å². The predicted molar refractivity (Wildman–Crippen MR) is 118 cm³/mol. The van der Waals surface area contributed by atoms with Gasteiger partial charge in [0.15, 0.2) is 6.10 Å². The summed E-state index contributed by atoms with van der Waals surface area (Å²) in [7, 11) is 0. The molecular formula is C24H31ClN2O5. The van der Waals surface area contributed by atoms with E-state index in [4.69, 9.17) is 21.1 Å². The number of hydrogen-bond donors (Lipinski definition) is 3. The zero-order valence-electron chi connectivity index (χ0n) is 18.4. The molecule has 3 fully saturated rings. The molecule has 2 amide bonds. The summed E-state index contributed by atoms with van der Waals surface area (Å²) in [6.07, 6.45) is 4.96. The number of carbonyl (C=O) groups excluding carboxylic acids is 2. The van der Waals surface area contributed by atoms with Crippen LogP contribution >= 0.6 is 11.6 Å². The molecule has 0 spiro atoms. The Morgan fingerprint density at radius 2 is 1.84 bits per heavy atom. The molecule has 4 aliphatic rings. The molecule has 8 heteroatoms. The summed E-state index contributed by atoms with van der Waals surface area (Å²) >= 11 is 6.01. The molecule has 174 valence electrons. The van der Waals surface area contributed by atoms with E-state index in [2.05, 4.69) is 17.6 Å². The van der Waals surface area contributed by atoms with E-state index in [-0.39, 0.29) is 42.0 Å². The monoisotopic (exact) mass is 462 g/mol. The molecule has 3 aliphatic carbocycles. The van der Waals surface area contributed by atoms with E-state index in [1.807, 2.05) is 0 Å². The fourth-order valence-electron chi connectivity index (χ4n) is 5.96. The van der Waals surface area contributed by atoms with Gasteiger partial charge in [-0.2, -0.15) is 0 Å². The molecule has 3 N–H and O–H groups in total. The molecule has 2 bridgehead atoms. The minimum atomic E-state index is -0.796. The summed E-state index contributed by atoms with van der Waals surface area (Å²) in [5.41, 5.74) is 0.0156. The molecular weight excluding hydrogens is 432 g/mol. The number of rotatable bonds is 6. The van der Waals surface area contributed by atoms with Gasteiger partial charge < -0.3 is 25.2 Å². The molecule has 1 heterocycles. The molecule has 2 unspecified atom stereocenters. The van der Waals surface area contributed by atoms with E-state index in [0.29, 0.717) is 22.3 Å². The number of ether oxygens (including phenoxy) is 2. The lowest BCUT2D eigenvalue weighted by Crippen LogP contribution is -2.51. The normalized spacial score (nSPS) is 37.2. The second kappa shape index (κ2) is 8.19. The fourth-order valence-corrected chi connectivity index (χ4v) is 6.14. The van der Waals surface area contributed by atoms with Gasteiger partial charge in [-0.1, -0.05) is 18.5 Å². The second-order valence-electron chi connectivity index (χ2n) is 10.3. The summed E-state index contributed by atoms with van der Waals surface area (Å²) in [5, 5.41) is 17.4. The topological polar surface area (TPSA) is 96.9 Å². The third-order valence-electron chi connectivity index (χ3n) is 7.74. The van der Waals surface area contributed by atoms with Crippen molar-refractivity contribution in [3.8, 4) is 5.75 Å². The highest BCUT2D eigenvalue weighted by atomic mass is 35.5. The first-order chi connectivity index (χ1) is 15.2. The van der Waals surface area contributed by atoms with Crippen molar-refractivity contribution in [2.75, 3.05) is 6.61 Å². The van der Waals surface area contributed by atoms with Crippen LogP contribution < -0.4 is 15.4 Å². The summed E-state index contributed by atoms with van der Waals surface area (Å²) in [5.74, 6) is 0.904. The smallest absolute Gasteiger partial charge is 0.261 e. The lowest BCUT2D eigenvalue weighted by atomic mass is 9.84. The number of fused-ring (bicyclic) bond motifs is 3. The highest BCUT2D eigenvalue weighted by molar-refractivity contribution is 6.30. The van der Waals surface area contributed by atoms with Crippen LogP contribution in [0.4, 0.5) is 0 Å². The van der Waals surface area contributed by atoms with Gasteiger partial charge in [0.05, 0.1) is 12.2 Å². The Kier molecular flexibility index (Phi) is 5.63. The first kappa shape index (κ1) is 22.0. The van der Waals surface area contributed by atoms with Crippen molar-refractivity contribution in [1.82, 2.24) is 10.6 Å². The molecule has 1 aromatic carbocycles. The lowest BCUT2D eigenvalue weighted by Gasteiger charge is -2.33. The molecule has 0 saturated heterocycles. The minimum Gasteiger partial charge on any atom is -0.480 e. The van der Waals surface area contributed by atoms with Crippen molar-refractivity contribution in [3.63, 3.8) is 0 Å². The van der Waals surface area contributed by atoms with Gasteiger partial charge in [-0.25, -0.2) is 0 Å². The highest BCUT2D eigenvalue weighted by Gasteiger charge is 2.56. The maximum atomic E-state index is 13.0. The Bertz CT molecular complexity index is 908. The largest absolute Gasteiger partial charge is 0.480 e. The van der Waals surface area contributed by atoms with E-state index in [9.17, 15) is 14.7 Å². The van der Waals surface area contributed by atoms with Gasteiger partial charge in [0, 0.05) is 28.1 Å². The Balaban J connectivity index is 1.16. The highest BCUT2D eigenvalue weighted by Crippen LogP contribution is 2.51. The number of carbonyl (C=O) groups is 2. The molecule has 0 aromatic heterocycles. The van der Waals surface area contributed by atoms with Crippen LogP contribution in [-0.2, 0) is 14.3 Å². The quantitative estimate of drug-likeness (QED) is 0.603. The fraction of sp³-hybridized carbons (Fsp3) is 0.667. The zero-order chi connectivity index (χ0) is 22.5. The standard InChI is InChI=1S/C24H31ClN2O5/c1-14-8-16(9-14)31-12-21(29)26-23-4-6-24(13-23,7-5-23)27-22(30)20-11-18(28)17-10-15(25)2-3-19(17)32-20/h2-3,10,14,16,18,20,28H,4-9,11-13H2,1H3,(H,26,29)(H,27,30). The van der Waals surface area contributed by atoms with Crippen molar-refractivity contribution < 1.29 is 24.2 Å². The number of hydrogen-bond acceptors (Lipinski definition) is 5. The van der Waals surface area contributed by atoms with E-state index in [1.54, 1.807) is 18.2 Å². The molecule has 2 atom stereocenters. The van der Waals surface area contributed by atoms with Crippen LogP contribution in [-0.4, -0.2) is 46.8 Å². The van der Waals surface area contributed by atoms with Crippen LogP contribution in [0.3, 0.4) is 0 Å². The van der Waals surface area contributed by atoms with E-state index in [1.165, 1.54) is 0 Å². The first-order valence-corrected chi connectivity index (χ1v) is 12.0.